The number of pyridine rings is 2. The van der Waals surface area contributed by atoms with Crippen LogP contribution in [0.25, 0.3) is 0 Å². The van der Waals surface area contributed by atoms with E-state index in [1.54, 1.807) is 30.4 Å². The summed E-state index contributed by atoms with van der Waals surface area (Å²) in [7, 11) is 0. The second kappa shape index (κ2) is 4.79. The van der Waals surface area contributed by atoms with E-state index in [0.29, 0.717) is 5.82 Å². The summed E-state index contributed by atoms with van der Waals surface area (Å²) in [6.45, 7) is 0. The van der Waals surface area contributed by atoms with E-state index in [-0.39, 0.29) is 0 Å². The Morgan fingerprint density at radius 1 is 1.13 bits per heavy atom. The monoisotopic (exact) mass is 217 g/mol. The van der Waals surface area contributed by atoms with E-state index in [0.717, 1.165) is 11.3 Å². The first-order valence-electron chi connectivity index (χ1n) is 4.58. The van der Waals surface area contributed by atoms with Crippen molar-refractivity contribution in [1.82, 2.24) is 9.97 Å². The number of hydrogen-bond acceptors (Lipinski definition) is 4. The molecule has 0 aliphatic rings. The molecule has 0 aliphatic carbocycles. The highest BCUT2D eigenvalue weighted by Crippen LogP contribution is 2.23. The predicted octanol–water partition coefficient (Wildman–Crippen LogP) is 2.35. The zero-order valence-electron chi connectivity index (χ0n) is 8.13. The highest BCUT2D eigenvalue weighted by molar-refractivity contribution is 7.98. The molecule has 0 aromatic carbocycles. The highest BCUT2D eigenvalue weighted by atomic mass is 32.2. The highest BCUT2D eigenvalue weighted by Gasteiger charge is 1.99. The third-order valence-corrected chi connectivity index (χ3v) is 3.03. The average Bonchev–Trinajstić information content (AvgIpc) is 2.29. The first kappa shape index (κ1) is 9.98. The maximum Gasteiger partial charge on any atom is 0.127 e. The summed E-state index contributed by atoms with van der Waals surface area (Å²) in [6, 6.07) is 7.86. The van der Waals surface area contributed by atoms with Gasteiger partial charge in [-0.05, 0) is 18.2 Å². The van der Waals surface area contributed by atoms with Gasteiger partial charge in [-0.1, -0.05) is 6.07 Å². The Bertz CT molecular complexity index is 431. The van der Waals surface area contributed by atoms with Crippen LogP contribution in [-0.2, 0) is 5.75 Å². The average molecular weight is 217 g/mol. The third kappa shape index (κ3) is 2.70. The predicted molar refractivity (Wildman–Crippen MR) is 62.4 cm³/mol. The quantitative estimate of drug-likeness (QED) is 0.802. The fourth-order valence-corrected chi connectivity index (χ4v) is 2.05. The van der Waals surface area contributed by atoms with Crippen LogP contribution in [0.15, 0.2) is 47.8 Å². The van der Waals surface area contributed by atoms with Crippen molar-refractivity contribution < 1.29 is 0 Å². The first-order valence-corrected chi connectivity index (χ1v) is 5.57. The van der Waals surface area contributed by atoms with Crippen molar-refractivity contribution in [2.45, 2.75) is 10.6 Å². The van der Waals surface area contributed by atoms with Crippen LogP contribution in [0.1, 0.15) is 5.56 Å². The number of aromatic nitrogens is 2. The van der Waals surface area contributed by atoms with Gasteiger partial charge in [0.15, 0.2) is 0 Å². The minimum atomic E-state index is 0.610. The molecule has 4 heteroatoms. The van der Waals surface area contributed by atoms with E-state index in [4.69, 9.17) is 5.73 Å². The summed E-state index contributed by atoms with van der Waals surface area (Å²) < 4.78 is 0. The Hall–Kier alpha value is -1.55. The van der Waals surface area contributed by atoms with Gasteiger partial charge in [0.2, 0.25) is 0 Å². The molecule has 2 aromatic heterocycles. The number of hydrogen-bond donors (Lipinski definition) is 1. The Kier molecular flexibility index (Phi) is 3.19. The molecule has 0 saturated carbocycles. The third-order valence-electron chi connectivity index (χ3n) is 1.97. The molecule has 0 aliphatic heterocycles. The molecule has 3 nitrogen and oxygen atoms in total. The lowest BCUT2D eigenvalue weighted by molar-refractivity contribution is 1.24. The number of anilines is 1. The molecular weight excluding hydrogens is 206 g/mol. The number of nitrogens with zero attached hydrogens (tertiary/aromatic N) is 2. The molecule has 0 unspecified atom stereocenters. The lowest BCUT2D eigenvalue weighted by atomic mass is 10.3. The lowest BCUT2D eigenvalue weighted by Crippen LogP contribution is -1.94. The number of rotatable bonds is 3. The van der Waals surface area contributed by atoms with Crippen molar-refractivity contribution >= 4 is 17.6 Å². The van der Waals surface area contributed by atoms with Gasteiger partial charge >= 0.3 is 0 Å². The van der Waals surface area contributed by atoms with Gasteiger partial charge in [-0.15, -0.1) is 11.8 Å². The van der Waals surface area contributed by atoms with Gasteiger partial charge in [-0.2, -0.15) is 0 Å². The zero-order chi connectivity index (χ0) is 10.5. The molecule has 0 spiro atoms. The van der Waals surface area contributed by atoms with Gasteiger partial charge in [-0.3, -0.25) is 4.98 Å². The SMILES string of the molecule is Nc1ncccc1CSc1ccncc1. The number of thioether (sulfide) groups is 1. The van der Waals surface area contributed by atoms with E-state index in [1.807, 2.05) is 24.3 Å². The second-order valence-corrected chi connectivity index (χ2v) is 4.07. The molecule has 76 valence electrons. The van der Waals surface area contributed by atoms with Crippen molar-refractivity contribution in [1.29, 1.82) is 0 Å². The molecule has 0 saturated heterocycles. The second-order valence-electron chi connectivity index (χ2n) is 3.02. The van der Waals surface area contributed by atoms with Gasteiger partial charge in [0.05, 0.1) is 0 Å². The van der Waals surface area contributed by atoms with Crippen LogP contribution in [0.5, 0.6) is 0 Å². The Morgan fingerprint density at radius 2 is 1.93 bits per heavy atom. The fraction of sp³-hybridized carbons (Fsp3) is 0.0909. The summed E-state index contributed by atoms with van der Waals surface area (Å²) in [4.78, 5) is 9.20. The van der Waals surface area contributed by atoms with Crippen LogP contribution >= 0.6 is 11.8 Å². The van der Waals surface area contributed by atoms with Crippen LogP contribution < -0.4 is 5.73 Å². The smallest absolute Gasteiger partial charge is 0.127 e. The van der Waals surface area contributed by atoms with Gasteiger partial charge in [0.1, 0.15) is 5.82 Å². The van der Waals surface area contributed by atoms with Crippen molar-refractivity contribution in [3.63, 3.8) is 0 Å². The Labute approximate surface area is 92.8 Å². The first-order chi connectivity index (χ1) is 7.36. The van der Waals surface area contributed by atoms with Crippen molar-refractivity contribution in [3.05, 3.63) is 48.4 Å². The van der Waals surface area contributed by atoms with Crippen LogP contribution in [0.4, 0.5) is 5.82 Å². The van der Waals surface area contributed by atoms with E-state index in [1.165, 1.54) is 4.90 Å². The Balaban J connectivity index is 2.03. The standard InChI is InChI=1S/C11H11N3S/c12-11-9(2-1-5-14-11)8-15-10-3-6-13-7-4-10/h1-7H,8H2,(H2,12,14). The minimum absolute atomic E-state index is 0.610. The van der Waals surface area contributed by atoms with Gasteiger partial charge in [-0.25, -0.2) is 4.98 Å². The van der Waals surface area contributed by atoms with Crippen molar-refractivity contribution in [3.8, 4) is 0 Å². The fourth-order valence-electron chi connectivity index (χ4n) is 1.17. The van der Waals surface area contributed by atoms with E-state index >= 15 is 0 Å². The van der Waals surface area contributed by atoms with E-state index < -0.39 is 0 Å². The summed E-state index contributed by atoms with van der Waals surface area (Å²) in [5.41, 5.74) is 6.82. The maximum atomic E-state index is 5.75. The number of nitrogen functional groups attached to an aromatic ring is 1. The largest absolute Gasteiger partial charge is 0.383 e. The van der Waals surface area contributed by atoms with Crippen LogP contribution in [0.2, 0.25) is 0 Å². The molecule has 0 radical (unpaired) electrons. The molecule has 0 amide bonds. The normalized spacial score (nSPS) is 10.1. The molecule has 0 bridgehead atoms. The van der Waals surface area contributed by atoms with Crippen molar-refractivity contribution in [2.24, 2.45) is 0 Å². The van der Waals surface area contributed by atoms with Gasteiger partial charge in [0.25, 0.3) is 0 Å². The number of nitrogens with two attached hydrogens (primary N) is 1. The Morgan fingerprint density at radius 3 is 2.67 bits per heavy atom. The summed E-state index contributed by atoms with van der Waals surface area (Å²) in [6.07, 6.45) is 5.28. The molecule has 2 N–H and O–H groups in total. The maximum absolute atomic E-state index is 5.75. The molecule has 0 fully saturated rings. The molecule has 2 heterocycles. The summed E-state index contributed by atoms with van der Waals surface area (Å²) in [5, 5.41) is 0. The lowest BCUT2D eigenvalue weighted by Gasteiger charge is -2.03. The molecular formula is C11H11N3S. The molecule has 2 rings (SSSR count). The summed E-state index contributed by atoms with van der Waals surface area (Å²) >= 11 is 1.73. The minimum Gasteiger partial charge on any atom is -0.383 e. The molecule has 15 heavy (non-hydrogen) atoms. The van der Waals surface area contributed by atoms with Crippen LogP contribution in [-0.4, -0.2) is 9.97 Å². The summed E-state index contributed by atoms with van der Waals surface area (Å²) in [5.74, 6) is 1.45. The van der Waals surface area contributed by atoms with Gasteiger partial charge < -0.3 is 5.73 Å². The van der Waals surface area contributed by atoms with E-state index in [9.17, 15) is 0 Å². The van der Waals surface area contributed by atoms with Crippen LogP contribution in [0, 0.1) is 0 Å². The van der Waals surface area contributed by atoms with Gasteiger partial charge in [0, 0.05) is 34.8 Å². The van der Waals surface area contributed by atoms with Crippen molar-refractivity contribution in [2.75, 3.05) is 5.73 Å². The topological polar surface area (TPSA) is 51.8 Å². The zero-order valence-corrected chi connectivity index (χ0v) is 8.95. The van der Waals surface area contributed by atoms with E-state index in [2.05, 4.69) is 9.97 Å². The molecule has 2 aromatic rings. The van der Waals surface area contributed by atoms with Crippen LogP contribution in [0.3, 0.4) is 0 Å². The molecule has 0 atom stereocenters.